The number of hydrogen-bond donors (Lipinski definition) is 3. The van der Waals surface area contributed by atoms with Crippen molar-refractivity contribution in [3.8, 4) is 0 Å². The predicted molar refractivity (Wildman–Crippen MR) is 63.0 cm³/mol. The Labute approximate surface area is 95.3 Å². The summed E-state index contributed by atoms with van der Waals surface area (Å²) in [6.07, 6.45) is 0. The molecule has 0 aliphatic carbocycles. The van der Waals surface area contributed by atoms with Crippen molar-refractivity contribution in [3.63, 3.8) is 0 Å². The quantitative estimate of drug-likeness (QED) is 0.693. The van der Waals surface area contributed by atoms with Gasteiger partial charge in [-0.15, -0.1) is 0 Å². The molecule has 5 nitrogen and oxygen atoms in total. The van der Waals surface area contributed by atoms with Gasteiger partial charge in [-0.3, -0.25) is 0 Å². The zero-order valence-corrected chi connectivity index (χ0v) is 9.84. The van der Waals surface area contributed by atoms with Gasteiger partial charge in [0.2, 0.25) is 10.0 Å². The molecule has 0 spiro atoms. The van der Waals surface area contributed by atoms with Gasteiger partial charge >= 0.3 is 0 Å². The first kappa shape index (κ1) is 11.4. The van der Waals surface area contributed by atoms with E-state index >= 15 is 0 Å². The first-order chi connectivity index (χ1) is 7.62. The average molecular weight is 241 g/mol. The minimum Gasteiger partial charge on any atom is -0.380 e. The second-order valence-corrected chi connectivity index (χ2v) is 5.62. The minimum absolute atomic E-state index is 0.285. The van der Waals surface area contributed by atoms with E-state index in [4.69, 9.17) is 0 Å². The van der Waals surface area contributed by atoms with Crippen LogP contribution in [-0.4, -0.2) is 34.6 Å². The van der Waals surface area contributed by atoms with Gasteiger partial charge in [0.05, 0.1) is 10.9 Å². The molecular weight excluding hydrogens is 226 g/mol. The molecule has 1 aromatic rings. The molecule has 0 amide bonds. The molecule has 0 radical (unpaired) electrons. The van der Waals surface area contributed by atoms with Crippen LogP contribution in [0.1, 0.15) is 0 Å². The van der Waals surface area contributed by atoms with E-state index in [9.17, 15) is 8.42 Å². The molecule has 2 rings (SSSR count). The zero-order chi connectivity index (χ0) is 11.6. The monoisotopic (exact) mass is 241 g/mol. The van der Waals surface area contributed by atoms with E-state index in [2.05, 4.69) is 15.4 Å². The van der Waals surface area contributed by atoms with Gasteiger partial charge in [-0.1, -0.05) is 6.07 Å². The molecule has 3 N–H and O–H groups in total. The van der Waals surface area contributed by atoms with E-state index < -0.39 is 10.0 Å². The summed E-state index contributed by atoms with van der Waals surface area (Å²) in [5.74, 6) is 0. The Bertz CT molecular complexity index is 469. The molecule has 0 unspecified atom stereocenters. The lowest BCUT2D eigenvalue weighted by molar-refractivity contribution is 0.472. The molecular formula is C10H15N3O2S. The highest BCUT2D eigenvalue weighted by Gasteiger charge is 2.17. The highest BCUT2D eigenvalue weighted by molar-refractivity contribution is 7.89. The smallest absolute Gasteiger partial charge is 0.240 e. The SMILES string of the molecule is CNS(=O)(=O)c1cccc(NC2CNC2)c1. The minimum atomic E-state index is -3.35. The third-order valence-electron chi connectivity index (χ3n) is 2.57. The molecule has 0 atom stereocenters. The van der Waals surface area contributed by atoms with Crippen molar-refractivity contribution in [1.29, 1.82) is 0 Å². The van der Waals surface area contributed by atoms with Crippen LogP contribution in [0.25, 0.3) is 0 Å². The molecule has 0 saturated carbocycles. The van der Waals surface area contributed by atoms with Crippen LogP contribution in [0.15, 0.2) is 29.2 Å². The molecule has 6 heteroatoms. The second kappa shape index (κ2) is 4.40. The summed E-state index contributed by atoms with van der Waals surface area (Å²) >= 11 is 0. The fourth-order valence-electron chi connectivity index (χ4n) is 1.50. The van der Waals surface area contributed by atoms with Gasteiger partial charge in [0.1, 0.15) is 0 Å². The van der Waals surface area contributed by atoms with Crippen LogP contribution < -0.4 is 15.4 Å². The van der Waals surface area contributed by atoms with Crippen molar-refractivity contribution in [2.24, 2.45) is 0 Å². The van der Waals surface area contributed by atoms with Crippen LogP contribution in [0.4, 0.5) is 5.69 Å². The van der Waals surface area contributed by atoms with E-state index in [1.807, 2.05) is 6.07 Å². The van der Waals surface area contributed by atoms with Crippen LogP contribution in [0.2, 0.25) is 0 Å². The highest BCUT2D eigenvalue weighted by atomic mass is 32.2. The Morgan fingerprint density at radius 2 is 2.12 bits per heavy atom. The Kier molecular flexibility index (Phi) is 3.13. The van der Waals surface area contributed by atoms with Gasteiger partial charge < -0.3 is 10.6 Å². The topological polar surface area (TPSA) is 70.2 Å². The van der Waals surface area contributed by atoms with E-state index in [1.54, 1.807) is 18.2 Å². The molecule has 1 fully saturated rings. The van der Waals surface area contributed by atoms with Gasteiger partial charge in [0.15, 0.2) is 0 Å². The molecule has 16 heavy (non-hydrogen) atoms. The summed E-state index contributed by atoms with van der Waals surface area (Å²) in [5, 5.41) is 6.40. The first-order valence-corrected chi connectivity index (χ1v) is 6.61. The van der Waals surface area contributed by atoms with E-state index in [-0.39, 0.29) is 4.90 Å². The van der Waals surface area contributed by atoms with Gasteiger partial charge in [-0.25, -0.2) is 13.1 Å². The fourth-order valence-corrected chi connectivity index (χ4v) is 2.27. The van der Waals surface area contributed by atoms with Crippen molar-refractivity contribution in [2.45, 2.75) is 10.9 Å². The summed E-state index contributed by atoms with van der Waals surface area (Å²) in [6, 6.07) is 7.22. The molecule has 0 bridgehead atoms. The van der Waals surface area contributed by atoms with Gasteiger partial charge in [0, 0.05) is 18.8 Å². The van der Waals surface area contributed by atoms with E-state index in [0.717, 1.165) is 18.8 Å². The molecule has 0 aromatic heterocycles. The summed E-state index contributed by atoms with van der Waals surface area (Å²) in [7, 11) is -1.94. The summed E-state index contributed by atoms with van der Waals surface area (Å²) < 4.78 is 25.4. The van der Waals surface area contributed by atoms with Crippen molar-refractivity contribution in [2.75, 3.05) is 25.5 Å². The van der Waals surface area contributed by atoms with Crippen LogP contribution in [0, 0.1) is 0 Å². The molecule has 1 aliphatic rings. The Morgan fingerprint density at radius 3 is 2.69 bits per heavy atom. The van der Waals surface area contributed by atoms with Crippen LogP contribution >= 0.6 is 0 Å². The van der Waals surface area contributed by atoms with Crippen LogP contribution in [0.5, 0.6) is 0 Å². The van der Waals surface area contributed by atoms with Crippen molar-refractivity contribution < 1.29 is 8.42 Å². The third kappa shape index (κ3) is 2.34. The number of nitrogens with one attached hydrogen (secondary N) is 3. The van der Waals surface area contributed by atoms with E-state index in [1.165, 1.54) is 7.05 Å². The maximum atomic E-state index is 11.6. The highest BCUT2D eigenvalue weighted by Crippen LogP contribution is 2.16. The van der Waals surface area contributed by atoms with E-state index in [0.29, 0.717) is 6.04 Å². The fraction of sp³-hybridized carbons (Fsp3) is 0.400. The lowest BCUT2D eigenvalue weighted by Gasteiger charge is -2.29. The normalized spacial score (nSPS) is 16.8. The lowest BCUT2D eigenvalue weighted by atomic mass is 10.1. The summed E-state index contributed by atoms with van der Waals surface area (Å²) in [5.41, 5.74) is 0.836. The predicted octanol–water partition coefficient (Wildman–Crippen LogP) is -0.0216. The first-order valence-electron chi connectivity index (χ1n) is 5.13. The number of rotatable bonds is 4. The second-order valence-electron chi connectivity index (χ2n) is 3.73. The zero-order valence-electron chi connectivity index (χ0n) is 9.03. The number of hydrogen-bond acceptors (Lipinski definition) is 4. The number of sulfonamides is 1. The molecule has 1 aliphatic heterocycles. The van der Waals surface area contributed by atoms with Crippen molar-refractivity contribution in [3.05, 3.63) is 24.3 Å². The lowest BCUT2D eigenvalue weighted by Crippen LogP contribution is -2.51. The molecule has 88 valence electrons. The number of anilines is 1. The standard InChI is InChI=1S/C10H15N3O2S/c1-11-16(14,15)10-4-2-3-8(5-10)13-9-6-12-7-9/h2-5,9,11-13H,6-7H2,1H3. The molecule has 1 aromatic carbocycles. The van der Waals surface area contributed by atoms with Crippen LogP contribution in [0.3, 0.4) is 0 Å². The van der Waals surface area contributed by atoms with Gasteiger partial charge in [-0.2, -0.15) is 0 Å². The molecule has 1 heterocycles. The number of benzene rings is 1. The maximum absolute atomic E-state index is 11.6. The third-order valence-corrected chi connectivity index (χ3v) is 3.98. The van der Waals surface area contributed by atoms with Crippen molar-refractivity contribution in [1.82, 2.24) is 10.0 Å². The van der Waals surface area contributed by atoms with Crippen molar-refractivity contribution >= 4 is 15.7 Å². The maximum Gasteiger partial charge on any atom is 0.240 e. The largest absolute Gasteiger partial charge is 0.380 e. The summed E-state index contributed by atoms with van der Waals surface area (Å²) in [4.78, 5) is 0.285. The Morgan fingerprint density at radius 1 is 1.38 bits per heavy atom. The molecule has 1 saturated heterocycles. The average Bonchev–Trinajstić information content (AvgIpc) is 2.24. The van der Waals surface area contributed by atoms with Gasteiger partial charge in [-0.05, 0) is 25.2 Å². The van der Waals surface area contributed by atoms with Gasteiger partial charge in [0.25, 0.3) is 0 Å². The Hall–Kier alpha value is -1.11. The Balaban J connectivity index is 2.18. The van der Waals surface area contributed by atoms with Crippen LogP contribution in [-0.2, 0) is 10.0 Å². The summed E-state index contributed by atoms with van der Waals surface area (Å²) in [6.45, 7) is 1.84.